The molecule has 10 heteroatoms. The molecule has 1 heterocycles. The lowest BCUT2D eigenvalue weighted by Gasteiger charge is -2.10. The number of halogens is 3. The fraction of sp³-hybridized carbons (Fsp3) is 0.276. The average molecular weight is 561 g/mol. The van der Waals surface area contributed by atoms with Gasteiger partial charge in [0.1, 0.15) is 17.4 Å². The van der Waals surface area contributed by atoms with Crippen molar-refractivity contribution in [1.29, 1.82) is 0 Å². The highest BCUT2D eigenvalue weighted by Gasteiger charge is 2.24. The molecule has 0 aliphatic carbocycles. The van der Waals surface area contributed by atoms with E-state index in [0.29, 0.717) is 25.2 Å². The first kappa shape index (κ1) is 31.5. The molecule has 0 fully saturated rings. The van der Waals surface area contributed by atoms with Crippen LogP contribution in [-0.2, 0) is 27.4 Å². The van der Waals surface area contributed by atoms with E-state index in [1.54, 1.807) is 31.3 Å². The number of nitrogens with two attached hydrogens (primary N) is 1. The second-order valence-electron chi connectivity index (χ2n) is 8.44. The predicted molar refractivity (Wildman–Crippen MR) is 146 cm³/mol. The lowest BCUT2D eigenvalue weighted by Crippen LogP contribution is -2.13. The summed E-state index contributed by atoms with van der Waals surface area (Å²) in [5.74, 6) is 0.530. The van der Waals surface area contributed by atoms with Crippen LogP contribution in [-0.4, -0.2) is 30.0 Å². The Morgan fingerprint density at radius 1 is 1.08 bits per heavy atom. The van der Waals surface area contributed by atoms with E-state index in [-0.39, 0.29) is 12.0 Å². The molecule has 0 aliphatic rings. The van der Waals surface area contributed by atoms with Crippen LogP contribution in [0.25, 0.3) is 6.08 Å². The number of ether oxygens (including phenoxy) is 2. The van der Waals surface area contributed by atoms with Gasteiger partial charge in [0.2, 0.25) is 6.29 Å². The Labute approximate surface area is 230 Å². The molecule has 1 aromatic heterocycles. The summed E-state index contributed by atoms with van der Waals surface area (Å²) in [6.07, 6.45) is -1.27. The van der Waals surface area contributed by atoms with Crippen molar-refractivity contribution in [1.82, 2.24) is 4.98 Å². The van der Waals surface area contributed by atoms with Crippen molar-refractivity contribution in [2.45, 2.75) is 46.0 Å². The van der Waals surface area contributed by atoms with Crippen LogP contribution in [0.3, 0.4) is 0 Å². The van der Waals surface area contributed by atoms with Gasteiger partial charge in [0.05, 0.1) is 18.3 Å². The molecule has 3 rings (SSSR count). The molecule has 0 amide bonds. The summed E-state index contributed by atoms with van der Waals surface area (Å²) in [6, 6.07) is 17.9. The first-order chi connectivity index (χ1) is 18.5. The number of thiazole rings is 1. The Balaban J connectivity index is 0.000000798. The van der Waals surface area contributed by atoms with Gasteiger partial charge in [-0.1, -0.05) is 42.5 Å². The van der Waals surface area contributed by atoms with Crippen LogP contribution in [0.4, 0.5) is 13.2 Å². The number of hydrogen-bond acceptors (Lipinski definition) is 7. The van der Waals surface area contributed by atoms with Crippen molar-refractivity contribution < 1.29 is 32.2 Å². The SMILES string of the molecule is CCOC(=O)/C(C)=C\C(C)=C\c1csc(C(N)Cc2ccc(OCc3ccccc3)cc2)n1.O=CC(F)(F)F. The number of rotatable bonds is 10. The van der Waals surface area contributed by atoms with Crippen molar-refractivity contribution in [3.8, 4) is 5.75 Å². The number of benzene rings is 2. The number of hydrogen-bond donors (Lipinski definition) is 1. The number of carbonyl (C=O) groups is 2. The molecular formula is C29H31F3N2O4S. The fourth-order valence-electron chi connectivity index (χ4n) is 3.26. The Kier molecular flexibility index (Phi) is 12.6. The minimum absolute atomic E-state index is 0.189. The molecule has 1 atom stereocenters. The lowest BCUT2D eigenvalue weighted by molar-refractivity contribution is -0.156. The van der Waals surface area contributed by atoms with Crippen LogP contribution < -0.4 is 10.5 Å². The van der Waals surface area contributed by atoms with Crippen molar-refractivity contribution in [2.75, 3.05) is 6.61 Å². The molecule has 0 bridgehead atoms. The predicted octanol–water partition coefficient (Wildman–Crippen LogP) is 6.62. The molecule has 0 saturated heterocycles. The second-order valence-corrected chi connectivity index (χ2v) is 9.32. The molecule has 0 spiro atoms. The number of allylic oxidation sites excluding steroid dienone is 2. The number of carbonyl (C=O) groups excluding carboxylic acids is 2. The first-order valence-corrected chi connectivity index (χ1v) is 12.9. The van der Waals surface area contributed by atoms with E-state index in [2.05, 4.69) is 4.98 Å². The van der Waals surface area contributed by atoms with Crippen molar-refractivity contribution in [3.05, 3.63) is 99.0 Å². The Bertz CT molecular complexity index is 1250. The van der Waals surface area contributed by atoms with Gasteiger partial charge < -0.3 is 15.2 Å². The lowest BCUT2D eigenvalue weighted by atomic mass is 10.1. The molecule has 0 radical (unpaired) electrons. The van der Waals surface area contributed by atoms with E-state index in [0.717, 1.165) is 33.2 Å². The molecule has 3 aromatic rings. The van der Waals surface area contributed by atoms with E-state index < -0.39 is 12.5 Å². The van der Waals surface area contributed by atoms with Gasteiger partial charge in [-0.3, -0.25) is 4.79 Å². The van der Waals surface area contributed by atoms with Crippen LogP contribution in [0.5, 0.6) is 5.75 Å². The second kappa shape index (κ2) is 15.6. The summed E-state index contributed by atoms with van der Waals surface area (Å²) in [5.41, 5.74) is 11.0. The zero-order valence-electron chi connectivity index (χ0n) is 21.9. The fourth-order valence-corrected chi connectivity index (χ4v) is 4.04. The van der Waals surface area contributed by atoms with Crippen LogP contribution in [0, 0.1) is 0 Å². The summed E-state index contributed by atoms with van der Waals surface area (Å²) in [7, 11) is 0. The molecule has 39 heavy (non-hydrogen) atoms. The number of nitrogens with zero attached hydrogens (tertiary/aromatic N) is 1. The van der Waals surface area contributed by atoms with Crippen molar-refractivity contribution in [3.63, 3.8) is 0 Å². The van der Waals surface area contributed by atoms with Crippen LogP contribution in [0.2, 0.25) is 0 Å². The first-order valence-electron chi connectivity index (χ1n) is 12.0. The van der Waals surface area contributed by atoms with E-state index in [9.17, 15) is 18.0 Å². The van der Waals surface area contributed by atoms with Gasteiger partial charge >= 0.3 is 12.1 Å². The molecule has 0 aliphatic heterocycles. The Hall–Kier alpha value is -3.76. The highest BCUT2D eigenvalue weighted by Crippen LogP contribution is 2.23. The van der Waals surface area contributed by atoms with Gasteiger partial charge in [0.15, 0.2) is 0 Å². The number of alkyl halides is 3. The number of esters is 1. The van der Waals surface area contributed by atoms with Crippen LogP contribution in [0.15, 0.2) is 77.2 Å². The third kappa shape index (κ3) is 12.1. The third-order valence-corrected chi connectivity index (χ3v) is 6.03. The number of aromatic nitrogens is 1. The standard InChI is InChI=1S/C27H30N2O3S.C2HF3O/c1-4-31-27(30)20(3)14-19(2)15-23-18-33-26(29-23)25(28)16-21-10-12-24(13-11-21)32-17-22-8-6-5-7-9-22;3-2(4,5)1-6/h5-15,18,25H,4,16-17,28H2,1-3H3;1H/b19-15+,20-14-;. The minimum atomic E-state index is -4.64. The molecule has 2 N–H and O–H groups in total. The highest BCUT2D eigenvalue weighted by atomic mass is 32.1. The smallest absolute Gasteiger partial charge is 0.446 e. The zero-order valence-corrected chi connectivity index (χ0v) is 22.7. The Morgan fingerprint density at radius 3 is 2.31 bits per heavy atom. The largest absolute Gasteiger partial charge is 0.489 e. The van der Waals surface area contributed by atoms with E-state index in [1.807, 2.05) is 73.0 Å². The van der Waals surface area contributed by atoms with Gasteiger partial charge in [0.25, 0.3) is 0 Å². The maximum absolute atomic E-state index is 11.8. The summed E-state index contributed by atoms with van der Waals surface area (Å²) in [4.78, 5) is 25.1. The summed E-state index contributed by atoms with van der Waals surface area (Å²) >= 11 is 1.54. The third-order valence-electron chi connectivity index (χ3n) is 5.03. The molecule has 0 saturated carbocycles. The maximum Gasteiger partial charge on any atom is 0.446 e. The minimum Gasteiger partial charge on any atom is -0.489 e. The average Bonchev–Trinajstić information content (AvgIpc) is 3.37. The molecular weight excluding hydrogens is 529 g/mol. The molecule has 208 valence electrons. The maximum atomic E-state index is 11.8. The van der Waals surface area contributed by atoms with Crippen molar-refractivity contribution in [2.24, 2.45) is 5.73 Å². The molecule has 6 nitrogen and oxygen atoms in total. The molecule has 1 unspecified atom stereocenters. The van der Waals surface area contributed by atoms with Gasteiger partial charge in [-0.25, -0.2) is 9.78 Å². The highest BCUT2D eigenvalue weighted by molar-refractivity contribution is 7.09. The van der Waals surface area contributed by atoms with Crippen LogP contribution >= 0.6 is 11.3 Å². The van der Waals surface area contributed by atoms with Gasteiger partial charge in [-0.05, 0) is 68.2 Å². The quantitative estimate of drug-likeness (QED) is 0.130. The summed E-state index contributed by atoms with van der Waals surface area (Å²) in [6.45, 7) is 6.38. The van der Waals surface area contributed by atoms with Crippen molar-refractivity contribution >= 4 is 29.7 Å². The van der Waals surface area contributed by atoms with Gasteiger partial charge in [0, 0.05) is 11.0 Å². The number of aldehydes is 1. The summed E-state index contributed by atoms with van der Waals surface area (Å²) in [5, 5.41) is 2.86. The monoisotopic (exact) mass is 560 g/mol. The van der Waals surface area contributed by atoms with E-state index in [1.165, 1.54) is 0 Å². The zero-order chi connectivity index (χ0) is 28.8. The molecule has 2 aromatic carbocycles. The normalized spacial score (nSPS) is 12.7. The van der Waals surface area contributed by atoms with E-state index in [4.69, 9.17) is 20.0 Å². The van der Waals surface area contributed by atoms with Gasteiger partial charge in [-0.2, -0.15) is 13.2 Å². The Morgan fingerprint density at radius 2 is 1.72 bits per heavy atom. The van der Waals surface area contributed by atoms with Gasteiger partial charge in [-0.15, -0.1) is 11.3 Å². The van der Waals surface area contributed by atoms with E-state index >= 15 is 0 Å². The van der Waals surface area contributed by atoms with Crippen LogP contribution in [0.1, 0.15) is 48.6 Å². The summed E-state index contributed by atoms with van der Waals surface area (Å²) < 4.78 is 42.1. The topological polar surface area (TPSA) is 91.5 Å².